The maximum Gasteiger partial charge on any atom is 0.328 e. The zero-order chi connectivity index (χ0) is 18.9. The molecule has 2 aromatic rings. The van der Waals surface area contributed by atoms with Crippen LogP contribution in [0, 0.1) is 6.92 Å². The lowest BCUT2D eigenvalue weighted by Crippen LogP contribution is -2.42. The van der Waals surface area contributed by atoms with Crippen molar-refractivity contribution in [2.45, 2.75) is 25.8 Å². The number of carbonyl (C=O) groups excluding carboxylic acids is 2. The summed E-state index contributed by atoms with van der Waals surface area (Å²) in [5.74, 6) is 0.113. The highest BCUT2D eigenvalue weighted by molar-refractivity contribution is 7.98. The molecule has 138 valence electrons. The first kappa shape index (κ1) is 20.0. The fourth-order valence-corrected chi connectivity index (χ4v) is 3.24. The first-order valence-corrected chi connectivity index (χ1v) is 9.95. The Morgan fingerprint density at radius 3 is 2.54 bits per heavy atom. The van der Waals surface area contributed by atoms with E-state index in [1.54, 1.807) is 11.8 Å². The van der Waals surface area contributed by atoms with Crippen LogP contribution in [0.15, 0.2) is 48.5 Å². The number of hydrogen-bond donors (Lipinski definition) is 1. The van der Waals surface area contributed by atoms with Crippen molar-refractivity contribution < 1.29 is 14.3 Å². The van der Waals surface area contributed by atoms with Gasteiger partial charge in [0.05, 0.1) is 7.11 Å². The second-order valence-electron chi connectivity index (χ2n) is 6.15. The van der Waals surface area contributed by atoms with Gasteiger partial charge in [0.2, 0.25) is 0 Å². The topological polar surface area (TPSA) is 55.4 Å². The van der Waals surface area contributed by atoms with Gasteiger partial charge in [-0.1, -0.05) is 48.0 Å². The summed E-state index contributed by atoms with van der Waals surface area (Å²) in [4.78, 5) is 24.8. The molecule has 0 aliphatic rings. The molecule has 0 fully saturated rings. The van der Waals surface area contributed by atoms with Gasteiger partial charge in [-0.05, 0) is 49.0 Å². The second-order valence-corrected chi connectivity index (χ2v) is 7.14. The third-order valence-electron chi connectivity index (χ3n) is 4.14. The van der Waals surface area contributed by atoms with Gasteiger partial charge in [0.25, 0.3) is 5.91 Å². The Labute approximate surface area is 159 Å². The Balaban J connectivity index is 2.23. The number of benzene rings is 2. The summed E-state index contributed by atoms with van der Waals surface area (Å²) >= 11 is 1.63. The number of ether oxygens (including phenoxy) is 1. The summed E-state index contributed by atoms with van der Waals surface area (Å²) in [7, 11) is 1.34. The van der Waals surface area contributed by atoms with E-state index >= 15 is 0 Å². The highest BCUT2D eigenvalue weighted by Crippen LogP contribution is 2.17. The molecule has 1 amide bonds. The van der Waals surface area contributed by atoms with Crippen LogP contribution >= 0.6 is 11.8 Å². The van der Waals surface area contributed by atoms with Crippen molar-refractivity contribution in [1.29, 1.82) is 0 Å². The van der Waals surface area contributed by atoms with E-state index < -0.39 is 12.0 Å². The largest absolute Gasteiger partial charge is 0.467 e. The minimum absolute atomic E-state index is 0.243. The summed E-state index contributed by atoms with van der Waals surface area (Å²) in [5.41, 5.74) is 3.78. The number of thioether (sulfide) groups is 1. The van der Waals surface area contributed by atoms with Gasteiger partial charge in [0.1, 0.15) is 6.04 Å². The summed E-state index contributed by atoms with van der Waals surface area (Å²) in [5, 5.41) is 2.84. The minimum atomic E-state index is -0.633. The highest BCUT2D eigenvalue weighted by Gasteiger charge is 2.23. The molecule has 0 aliphatic heterocycles. The first-order chi connectivity index (χ1) is 12.5. The fraction of sp³-hybridized carbons (Fsp3) is 0.333. The molecule has 2 rings (SSSR count). The van der Waals surface area contributed by atoms with Gasteiger partial charge in [-0.2, -0.15) is 11.8 Å². The average Bonchev–Trinajstić information content (AvgIpc) is 2.65. The first-order valence-electron chi connectivity index (χ1n) is 8.56. The Bertz CT molecular complexity index is 746. The molecule has 0 aromatic heterocycles. The SMILES string of the molecule is COC(=O)C(CCSC)NC(=O)c1ccc(C)cc1Cc1ccccc1. The standard InChI is InChI=1S/C21H25NO3S/c1-15-9-10-18(17(13-15)14-16-7-5-4-6-8-16)20(23)22-19(11-12-26-3)21(24)25-2/h4-10,13,19H,11-12,14H2,1-3H3,(H,22,23). The molecule has 0 aliphatic carbocycles. The van der Waals surface area contributed by atoms with E-state index in [-0.39, 0.29) is 5.91 Å². The van der Waals surface area contributed by atoms with Gasteiger partial charge in [0.15, 0.2) is 0 Å². The quantitative estimate of drug-likeness (QED) is 0.720. The molecule has 0 saturated carbocycles. The van der Waals surface area contributed by atoms with Crippen molar-refractivity contribution in [2.24, 2.45) is 0 Å². The molecule has 5 heteroatoms. The molecule has 1 unspecified atom stereocenters. The van der Waals surface area contributed by atoms with E-state index in [1.165, 1.54) is 7.11 Å². The smallest absolute Gasteiger partial charge is 0.328 e. The van der Waals surface area contributed by atoms with Crippen LogP contribution in [0.5, 0.6) is 0 Å². The van der Waals surface area contributed by atoms with Crippen molar-refractivity contribution >= 4 is 23.6 Å². The molecule has 0 radical (unpaired) electrons. The average molecular weight is 372 g/mol. The Morgan fingerprint density at radius 1 is 1.15 bits per heavy atom. The summed E-state index contributed by atoms with van der Waals surface area (Å²) in [6, 6.07) is 15.2. The van der Waals surface area contributed by atoms with Crippen LogP contribution in [0.1, 0.15) is 33.5 Å². The number of aryl methyl sites for hydroxylation is 1. The third kappa shape index (κ3) is 5.63. The number of amides is 1. The van der Waals surface area contributed by atoms with E-state index in [2.05, 4.69) is 5.32 Å². The normalized spacial score (nSPS) is 11.7. The number of carbonyl (C=O) groups is 2. The second kappa shape index (κ2) is 10.0. The molecule has 0 heterocycles. The monoisotopic (exact) mass is 371 g/mol. The van der Waals surface area contributed by atoms with Crippen LogP contribution in [0.3, 0.4) is 0 Å². The van der Waals surface area contributed by atoms with E-state index in [0.717, 1.165) is 22.4 Å². The number of nitrogens with one attached hydrogen (secondary N) is 1. The van der Waals surface area contributed by atoms with Crippen LogP contribution in [-0.4, -0.2) is 37.0 Å². The van der Waals surface area contributed by atoms with Crippen LogP contribution < -0.4 is 5.32 Å². The number of methoxy groups -OCH3 is 1. The molecule has 4 nitrogen and oxygen atoms in total. The van der Waals surface area contributed by atoms with Crippen LogP contribution in [-0.2, 0) is 16.0 Å². The molecule has 0 saturated heterocycles. The molecular weight excluding hydrogens is 346 g/mol. The lowest BCUT2D eigenvalue weighted by Gasteiger charge is -2.18. The maximum atomic E-state index is 12.8. The molecule has 1 N–H and O–H groups in total. The zero-order valence-corrected chi connectivity index (χ0v) is 16.3. The number of esters is 1. The minimum Gasteiger partial charge on any atom is -0.467 e. The fourth-order valence-electron chi connectivity index (χ4n) is 2.77. The van der Waals surface area contributed by atoms with Crippen LogP contribution in [0.4, 0.5) is 0 Å². The van der Waals surface area contributed by atoms with Gasteiger partial charge < -0.3 is 10.1 Å². The number of rotatable bonds is 8. The Hall–Kier alpha value is -2.27. The predicted molar refractivity (Wildman–Crippen MR) is 107 cm³/mol. The van der Waals surface area contributed by atoms with Crippen molar-refractivity contribution in [3.05, 3.63) is 70.8 Å². The van der Waals surface area contributed by atoms with Gasteiger partial charge in [-0.25, -0.2) is 4.79 Å². The van der Waals surface area contributed by atoms with E-state index in [4.69, 9.17) is 4.74 Å². The zero-order valence-electron chi connectivity index (χ0n) is 15.5. The molecule has 0 bridgehead atoms. The molecule has 0 spiro atoms. The summed E-state index contributed by atoms with van der Waals surface area (Å²) in [6.07, 6.45) is 3.17. The van der Waals surface area contributed by atoms with Crippen molar-refractivity contribution in [2.75, 3.05) is 19.1 Å². The van der Waals surface area contributed by atoms with Gasteiger partial charge in [-0.3, -0.25) is 4.79 Å². The predicted octanol–water partition coefficient (Wildman–Crippen LogP) is 3.61. The molecule has 26 heavy (non-hydrogen) atoms. The van der Waals surface area contributed by atoms with Gasteiger partial charge in [-0.15, -0.1) is 0 Å². The van der Waals surface area contributed by atoms with Gasteiger partial charge >= 0.3 is 5.97 Å². The van der Waals surface area contributed by atoms with E-state index in [0.29, 0.717) is 18.4 Å². The third-order valence-corrected chi connectivity index (χ3v) is 4.79. The van der Waals surface area contributed by atoms with E-state index in [9.17, 15) is 9.59 Å². The van der Waals surface area contributed by atoms with Crippen molar-refractivity contribution in [3.8, 4) is 0 Å². The molecular formula is C21H25NO3S. The van der Waals surface area contributed by atoms with Crippen LogP contribution in [0.2, 0.25) is 0 Å². The highest BCUT2D eigenvalue weighted by atomic mass is 32.2. The molecule has 2 aromatic carbocycles. The maximum absolute atomic E-state index is 12.8. The summed E-state index contributed by atoms with van der Waals surface area (Å²) in [6.45, 7) is 2.01. The van der Waals surface area contributed by atoms with E-state index in [1.807, 2.05) is 61.7 Å². The van der Waals surface area contributed by atoms with Crippen molar-refractivity contribution in [1.82, 2.24) is 5.32 Å². The lowest BCUT2D eigenvalue weighted by atomic mass is 9.97. The molecule has 1 atom stereocenters. The van der Waals surface area contributed by atoms with Crippen LogP contribution in [0.25, 0.3) is 0 Å². The number of hydrogen-bond acceptors (Lipinski definition) is 4. The Morgan fingerprint density at radius 2 is 1.88 bits per heavy atom. The van der Waals surface area contributed by atoms with Gasteiger partial charge in [0, 0.05) is 5.56 Å². The summed E-state index contributed by atoms with van der Waals surface area (Å²) < 4.78 is 4.83. The van der Waals surface area contributed by atoms with Crippen molar-refractivity contribution in [3.63, 3.8) is 0 Å². The lowest BCUT2D eigenvalue weighted by molar-refractivity contribution is -0.142. The Kier molecular flexibility index (Phi) is 7.73.